The van der Waals surface area contributed by atoms with Crippen LogP contribution < -0.4 is 0 Å². The molecule has 1 aliphatic carbocycles. The maximum atomic E-state index is 6.65. The van der Waals surface area contributed by atoms with Crippen LogP contribution in [0.25, 0.3) is 44.0 Å². The molecule has 0 saturated heterocycles. The Hall–Kier alpha value is -3.13. The number of hydrogen-bond donors (Lipinski definition) is 0. The van der Waals surface area contributed by atoms with E-state index in [0.29, 0.717) is 0 Å². The van der Waals surface area contributed by atoms with Gasteiger partial charge in [-0.2, -0.15) is 0 Å². The van der Waals surface area contributed by atoms with Crippen molar-refractivity contribution in [3.63, 3.8) is 0 Å². The van der Waals surface area contributed by atoms with Gasteiger partial charge in [0.2, 0.25) is 0 Å². The van der Waals surface area contributed by atoms with Crippen molar-refractivity contribution in [1.29, 1.82) is 0 Å². The van der Waals surface area contributed by atoms with E-state index in [0.717, 1.165) is 27.8 Å². The predicted octanol–water partition coefficient (Wildman–Crippen LogP) is 9.45. The Kier molecular flexibility index (Phi) is 4.59. The van der Waals surface area contributed by atoms with Gasteiger partial charge < -0.3 is 4.42 Å². The van der Waals surface area contributed by atoms with Gasteiger partial charge in [-0.3, -0.25) is 4.98 Å². The molecule has 1 aliphatic rings. The van der Waals surface area contributed by atoms with E-state index in [1.165, 1.54) is 45.7 Å². The number of rotatable bonds is 1. The van der Waals surface area contributed by atoms with Gasteiger partial charge in [-0.15, -0.1) is 0 Å². The fraction of sp³-hybridized carbons (Fsp3) is 0.364. The van der Waals surface area contributed by atoms with Crippen LogP contribution in [0.15, 0.2) is 65.2 Å². The molecule has 6 rings (SSSR count). The van der Waals surface area contributed by atoms with Crippen molar-refractivity contribution in [3.8, 4) is 11.3 Å². The van der Waals surface area contributed by atoms with Gasteiger partial charge in [0.25, 0.3) is 0 Å². The third-order valence-electron chi connectivity index (χ3n) is 8.35. The summed E-state index contributed by atoms with van der Waals surface area (Å²) in [5, 5.41) is 4.85. The average molecular weight is 462 g/mol. The molecule has 0 aliphatic heterocycles. The minimum atomic E-state index is 0.0651. The molecule has 5 aromatic rings. The van der Waals surface area contributed by atoms with Gasteiger partial charge in [-0.05, 0) is 74.7 Å². The fourth-order valence-corrected chi connectivity index (χ4v) is 6.11. The number of hydrogen-bond acceptors (Lipinski definition) is 2. The normalized spacial score (nSPS) is 17.2. The molecular formula is C33H35NO. The Labute approximate surface area is 208 Å². The van der Waals surface area contributed by atoms with Crippen molar-refractivity contribution in [2.75, 3.05) is 0 Å². The summed E-state index contributed by atoms with van der Waals surface area (Å²) in [5.41, 5.74) is 8.52. The zero-order chi connectivity index (χ0) is 24.8. The molecule has 2 aromatic heterocycles. The van der Waals surface area contributed by atoms with Crippen LogP contribution in [0.1, 0.15) is 78.0 Å². The Morgan fingerprint density at radius 3 is 2.09 bits per heavy atom. The molecule has 0 fully saturated rings. The van der Waals surface area contributed by atoms with Gasteiger partial charge in [0.15, 0.2) is 5.58 Å². The summed E-state index contributed by atoms with van der Waals surface area (Å²) in [4.78, 5) is 4.88. The Morgan fingerprint density at radius 1 is 0.743 bits per heavy atom. The lowest BCUT2D eigenvalue weighted by Gasteiger charge is -2.41. The lowest BCUT2D eigenvalue weighted by Crippen LogP contribution is -2.33. The van der Waals surface area contributed by atoms with E-state index in [1.807, 2.05) is 6.20 Å². The maximum Gasteiger partial charge on any atom is 0.161 e. The van der Waals surface area contributed by atoms with Crippen molar-refractivity contribution in [2.24, 2.45) is 0 Å². The monoisotopic (exact) mass is 461 g/mol. The molecule has 0 radical (unpaired) electrons. The van der Waals surface area contributed by atoms with Crippen molar-refractivity contribution in [1.82, 2.24) is 4.98 Å². The summed E-state index contributed by atoms with van der Waals surface area (Å²) >= 11 is 0. The van der Waals surface area contributed by atoms with Crippen molar-refractivity contribution in [3.05, 3.63) is 77.5 Å². The first-order valence-electron chi connectivity index (χ1n) is 12.9. The molecule has 2 heteroatoms. The van der Waals surface area contributed by atoms with Crippen LogP contribution in [-0.2, 0) is 16.2 Å². The van der Waals surface area contributed by atoms with Gasteiger partial charge in [-0.25, -0.2) is 0 Å². The van der Waals surface area contributed by atoms with E-state index >= 15 is 0 Å². The SMILES string of the molecule is CC(C)(C)c1ccc(-c2nccc3c2oc2cc4c(cc23)C(C)(C)CCC4(C)C)c2ccccc12. The third kappa shape index (κ3) is 3.33. The highest BCUT2D eigenvalue weighted by Gasteiger charge is 2.37. The quantitative estimate of drug-likeness (QED) is 0.248. The molecule has 2 nitrogen and oxygen atoms in total. The number of fused-ring (bicyclic) bond motifs is 5. The second-order valence-corrected chi connectivity index (χ2v) is 12.8. The smallest absolute Gasteiger partial charge is 0.161 e. The van der Waals surface area contributed by atoms with Crippen LogP contribution in [0.3, 0.4) is 0 Å². The van der Waals surface area contributed by atoms with Crippen LogP contribution in [0.4, 0.5) is 0 Å². The van der Waals surface area contributed by atoms with E-state index in [-0.39, 0.29) is 16.2 Å². The summed E-state index contributed by atoms with van der Waals surface area (Å²) in [7, 11) is 0. The maximum absolute atomic E-state index is 6.65. The van der Waals surface area contributed by atoms with Crippen molar-refractivity contribution >= 4 is 32.7 Å². The van der Waals surface area contributed by atoms with Crippen molar-refractivity contribution < 1.29 is 4.42 Å². The zero-order valence-corrected chi connectivity index (χ0v) is 22.0. The first-order valence-corrected chi connectivity index (χ1v) is 12.9. The Balaban J connectivity index is 1.65. The minimum Gasteiger partial charge on any atom is -0.454 e. The predicted molar refractivity (Wildman–Crippen MR) is 148 cm³/mol. The Bertz CT molecular complexity index is 1620. The van der Waals surface area contributed by atoms with Crippen LogP contribution >= 0.6 is 0 Å². The highest BCUT2D eigenvalue weighted by atomic mass is 16.3. The molecule has 0 saturated carbocycles. The summed E-state index contributed by atoms with van der Waals surface area (Å²) in [5.74, 6) is 0. The molecule has 0 spiro atoms. The molecule has 3 aromatic carbocycles. The molecule has 0 N–H and O–H groups in total. The van der Waals surface area contributed by atoms with E-state index in [9.17, 15) is 0 Å². The standard InChI is InChI=1S/C33H35NO/c1-31(2,3)25-13-12-22(20-10-8-9-11-21(20)25)29-30-23(14-17-34-29)24-18-26-27(19-28(24)35-30)33(6,7)16-15-32(26,4)5/h8-14,17-19H,15-16H2,1-7H3. The second kappa shape index (κ2) is 7.20. The molecule has 0 atom stereocenters. The molecule has 0 amide bonds. The van der Waals surface area contributed by atoms with E-state index in [2.05, 4.69) is 103 Å². The topological polar surface area (TPSA) is 26.0 Å². The highest BCUT2D eigenvalue weighted by Crippen LogP contribution is 2.49. The minimum absolute atomic E-state index is 0.0651. The molecule has 2 heterocycles. The van der Waals surface area contributed by atoms with E-state index in [4.69, 9.17) is 9.40 Å². The number of benzene rings is 3. The van der Waals surface area contributed by atoms with Crippen LogP contribution in [0, 0.1) is 0 Å². The van der Waals surface area contributed by atoms with Gasteiger partial charge in [-0.1, -0.05) is 84.9 Å². The van der Waals surface area contributed by atoms with Gasteiger partial charge in [0.05, 0.1) is 0 Å². The molecule has 0 bridgehead atoms. The molecule has 178 valence electrons. The summed E-state index contributed by atoms with van der Waals surface area (Å²) < 4.78 is 6.65. The third-order valence-corrected chi connectivity index (χ3v) is 8.35. The first kappa shape index (κ1) is 22.3. The highest BCUT2D eigenvalue weighted by molar-refractivity contribution is 6.11. The van der Waals surface area contributed by atoms with Crippen LogP contribution in [0.5, 0.6) is 0 Å². The number of nitrogens with zero attached hydrogens (tertiary/aromatic N) is 1. The lowest BCUT2D eigenvalue weighted by molar-refractivity contribution is 0.332. The van der Waals surface area contributed by atoms with Crippen molar-refractivity contribution in [2.45, 2.75) is 77.6 Å². The number of furan rings is 1. The Morgan fingerprint density at radius 2 is 1.40 bits per heavy atom. The summed E-state index contributed by atoms with van der Waals surface area (Å²) in [6.07, 6.45) is 4.33. The summed E-state index contributed by atoms with van der Waals surface area (Å²) in [6.45, 7) is 16.3. The molecule has 0 unspecified atom stereocenters. The van der Waals surface area contributed by atoms with Crippen LogP contribution in [-0.4, -0.2) is 4.98 Å². The first-order chi connectivity index (χ1) is 16.5. The van der Waals surface area contributed by atoms with Gasteiger partial charge >= 0.3 is 0 Å². The summed E-state index contributed by atoms with van der Waals surface area (Å²) in [6, 6.07) is 20.0. The zero-order valence-electron chi connectivity index (χ0n) is 22.0. The number of aromatic nitrogens is 1. The van der Waals surface area contributed by atoms with E-state index < -0.39 is 0 Å². The molecular weight excluding hydrogens is 426 g/mol. The lowest BCUT2D eigenvalue weighted by atomic mass is 9.63. The second-order valence-electron chi connectivity index (χ2n) is 12.8. The van der Waals surface area contributed by atoms with Gasteiger partial charge in [0, 0.05) is 22.5 Å². The average Bonchev–Trinajstić information content (AvgIpc) is 3.18. The number of pyridine rings is 1. The molecule has 35 heavy (non-hydrogen) atoms. The van der Waals surface area contributed by atoms with Crippen LogP contribution in [0.2, 0.25) is 0 Å². The van der Waals surface area contributed by atoms with Gasteiger partial charge in [0.1, 0.15) is 11.3 Å². The largest absolute Gasteiger partial charge is 0.454 e. The van der Waals surface area contributed by atoms with E-state index in [1.54, 1.807) is 0 Å². The fourth-order valence-electron chi connectivity index (χ4n) is 6.11.